The van der Waals surface area contributed by atoms with E-state index in [4.69, 9.17) is 15.6 Å². The lowest BCUT2D eigenvalue weighted by molar-refractivity contribution is -0.0539. The van der Waals surface area contributed by atoms with Gasteiger partial charge in [0.1, 0.15) is 0 Å². The van der Waals surface area contributed by atoms with Gasteiger partial charge >= 0.3 is 0 Å². The normalized spacial score (nSPS) is 42.6. The third kappa shape index (κ3) is 1.60. The van der Waals surface area contributed by atoms with Crippen molar-refractivity contribution in [1.29, 1.82) is 0 Å². The van der Waals surface area contributed by atoms with Crippen LogP contribution in [0.2, 0.25) is 0 Å². The summed E-state index contributed by atoms with van der Waals surface area (Å²) in [7, 11) is 0. The van der Waals surface area contributed by atoms with Crippen molar-refractivity contribution in [2.24, 2.45) is 22.5 Å². The Labute approximate surface area is 98.4 Å². The number of aliphatic hydroxyl groups excluding tert-OH is 1. The highest BCUT2D eigenvalue weighted by Crippen LogP contribution is 2.66. The molecule has 0 heterocycles. The second-order valence-corrected chi connectivity index (χ2v) is 6.38. The minimum absolute atomic E-state index is 0.0102. The molecule has 4 unspecified atom stereocenters. The highest BCUT2D eigenvalue weighted by atomic mass is 16.5. The molecule has 3 nitrogen and oxygen atoms in total. The zero-order valence-electron chi connectivity index (χ0n) is 10.7. The lowest BCUT2D eigenvalue weighted by Crippen LogP contribution is -2.40. The Morgan fingerprint density at radius 1 is 1.44 bits per heavy atom. The Kier molecular flexibility index (Phi) is 3.06. The zero-order valence-corrected chi connectivity index (χ0v) is 10.7. The summed E-state index contributed by atoms with van der Waals surface area (Å²) >= 11 is 0. The van der Waals surface area contributed by atoms with Gasteiger partial charge in [0.05, 0.1) is 25.4 Å². The number of ether oxygens (including phenoxy) is 1. The van der Waals surface area contributed by atoms with Crippen LogP contribution in [0.1, 0.15) is 40.0 Å². The van der Waals surface area contributed by atoms with Crippen LogP contribution >= 0.6 is 0 Å². The van der Waals surface area contributed by atoms with Crippen LogP contribution in [0.4, 0.5) is 0 Å². The fourth-order valence-corrected chi connectivity index (χ4v) is 3.67. The quantitative estimate of drug-likeness (QED) is 0.766. The number of nitrogens with two attached hydrogens (primary N) is 1. The average Bonchev–Trinajstić information content (AvgIpc) is 2.58. The van der Waals surface area contributed by atoms with Gasteiger partial charge in [-0.1, -0.05) is 20.8 Å². The number of fused-ring (bicyclic) bond motifs is 2. The number of hydrogen-bond acceptors (Lipinski definition) is 3. The number of aliphatic hydroxyl groups is 1. The summed E-state index contributed by atoms with van der Waals surface area (Å²) in [5.41, 5.74) is 6.37. The van der Waals surface area contributed by atoms with Crippen LogP contribution in [0, 0.1) is 16.7 Å². The van der Waals surface area contributed by atoms with E-state index < -0.39 is 0 Å². The van der Waals surface area contributed by atoms with E-state index in [1.807, 2.05) is 0 Å². The maximum absolute atomic E-state index is 8.90. The molecule has 94 valence electrons. The average molecular weight is 227 g/mol. The SMILES string of the molecule is CC1(C)C2CCC1(C)C(OCC(N)CO)C2. The largest absolute Gasteiger partial charge is 0.395 e. The fourth-order valence-electron chi connectivity index (χ4n) is 3.67. The van der Waals surface area contributed by atoms with Crippen LogP contribution in [-0.4, -0.2) is 30.5 Å². The van der Waals surface area contributed by atoms with Crippen molar-refractivity contribution in [2.45, 2.75) is 52.2 Å². The standard InChI is InChI=1S/C13H25NO2/c1-12(2)9-4-5-13(12,3)11(6-9)16-8-10(14)7-15/h9-11,15H,4-8,14H2,1-3H3. The molecular formula is C13H25NO2. The Bertz CT molecular complexity index is 267. The maximum Gasteiger partial charge on any atom is 0.0644 e. The summed E-state index contributed by atoms with van der Waals surface area (Å²) in [6, 6.07) is -0.231. The molecule has 0 aromatic carbocycles. The molecule has 4 atom stereocenters. The molecule has 2 saturated carbocycles. The van der Waals surface area contributed by atoms with E-state index in [0.717, 1.165) is 5.92 Å². The van der Waals surface area contributed by atoms with Gasteiger partial charge in [-0.2, -0.15) is 0 Å². The van der Waals surface area contributed by atoms with Crippen molar-refractivity contribution in [1.82, 2.24) is 0 Å². The Hall–Kier alpha value is -0.120. The first-order chi connectivity index (χ1) is 7.41. The first kappa shape index (κ1) is 12.3. The van der Waals surface area contributed by atoms with Crippen molar-refractivity contribution in [2.75, 3.05) is 13.2 Å². The lowest BCUT2D eigenvalue weighted by Gasteiger charge is -2.39. The number of rotatable bonds is 4. The van der Waals surface area contributed by atoms with E-state index in [1.54, 1.807) is 0 Å². The summed E-state index contributed by atoms with van der Waals surface area (Å²) in [5, 5.41) is 8.90. The highest BCUT2D eigenvalue weighted by Gasteiger charge is 2.61. The predicted octanol–water partition coefficient (Wildman–Crippen LogP) is 1.54. The van der Waals surface area contributed by atoms with Crippen molar-refractivity contribution < 1.29 is 9.84 Å². The van der Waals surface area contributed by atoms with Gasteiger partial charge in [-0.05, 0) is 36.0 Å². The topological polar surface area (TPSA) is 55.5 Å². The molecular weight excluding hydrogens is 202 g/mol. The van der Waals surface area contributed by atoms with Crippen molar-refractivity contribution in [3.8, 4) is 0 Å². The molecule has 2 rings (SSSR count). The van der Waals surface area contributed by atoms with Gasteiger partial charge in [-0.3, -0.25) is 0 Å². The summed E-state index contributed by atoms with van der Waals surface area (Å²) < 4.78 is 5.94. The molecule has 0 aliphatic heterocycles. The van der Waals surface area contributed by atoms with Gasteiger partial charge < -0.3 is 15.6 Å². The minimum Gasteiger partial charge on any atom is -0.395 e. The second-order valence-electron chi connectivity index (χ2n) is 6.38. The maximum atomic E-state index is 8.90. The Balaban J connectivity index is 1.99. The third-order valence-electron chi connectivity index (χ3n) is 5.46. The van der Waals surface area contributed by atoms with Gasteiger partial charge in [0.25, 0.3) is 0 Å². The lowest BCUT2D eigenvalue weighted by atomic mass is 9.70. The molecule has 3 heteroatoms. The molecule has 2 aliphatic rings. The van der Waals surface area contributed by atoms with Crippen molar-refractivity contribution in [3.63, 3.8) is 0 Å². The molecule has 2 aliphatic carbocycles. The molecule has 0 amide bonds. The first-order valence-corrected chi connectivity index (χ1v) is 6.40. The van der Waals surface area contributed by atoms with E-state index in [1.165, 1.54) is 19.3 Å². The zero-order chi connectivity index (χ0) is 12.0. The van der Waals surface area contributed by atoms with Crippen molar-refractivity contribution >= 4 is 0 Å². The first-order valence-electron chi connectivity index (χ1n) is 6.40. The molecule has 0 aromatic heterocycles. The Morgan fingerprint density at radius 3 is 2.56 bits per heavy atom. The summed E-state index contributed by atoms with van der Waals surface area (Å²) in [6.07, 6.45) is 4.11. The van der Waals surface area contributed by atoms with E-state index in [0.29, 0.717) is 23.5 Å². The molecule has 3 N–H and O–H groups in total. The van der Waals surface area contributed by atoms with E-state index in [2.05, 4.69) is 20.8 Å². The third-order valence-corrected chi connectivity index (χ3v) is 5.46. The summed E-state index contributed by atoms with van der Waals surface area (Å²) in [4.78, 5) is 0. The van der Waals surface area contributed by atoms with E-state index in [-0.39, 0.29) is 12.6 Å². The van der Waals surface area contributed by atoms with Gasteiger partial charge in [0.2, 0.25) is 0 Å². The minimum atomic E-state index is -0.231. The molecule has 2 fully saturated rings. The van der Waals surface area contributed by atoms with Gasteiger partial charge in [0, 0.05) is 0 Å². The highest BCUT2D eigenvalue weighted by molar-refractivity contribution is 5.11. The van der Waals surface area contributed by atoms with Crippen molar-refractivity contribution in [3.05, 3.63) is 0 Å². The molecule has 0 saturated heterocycles. The molecule has 16 heavy (non-hydrogen) atoms. The molecule has 0 radical (unpaired) electrons. The van der Waals surface area contributed by atoms with Crippen LogP contribution in [0.25, 0.3) is 0 Å². The fraction of sp³-hybridized carbons (Fsp3) is 1.00. The van der Waals surface area contributed by atoms with Crippen LogP contribution in [0.5, 0.6) is 0 Å². The summed E-state index contributed by atoms with van der Waals surface area (Å²) in [6.45, 7) is 7.60. The second kappa shape index (κ2) is 3.97. The van der Waals surface area contributed by atoms with Gasteiger partial charge in [-0.15, -0.1) is 0 Å². The Morgan fingerprint density at radius 2 is 2.12 bits per heavy atom. The van der Waals surface area contributed by atoms with Crippen LogP contribution in [0.15, 0.2) is 0 Å². The molecule has 0 aromatic rings. The number of hydrogen-bond donors (Lipinski definition) is 2. The van der Waals surface area contributed by atoms with Gasteiger partial charge in [-0.25, -0.2) is 0 Å². The van der Waals surface area contributed by atoms with E-state index >= 15 is 0 Å². The predicted molar refractivity (Wildman–Crippen MR) is 64.0 cm³/mol. The molecule has 0 spiro atoms. The van der Waals surface area contributed by atoms with Crippen LogP contribution in [0.3, 0.4) is 0 Å². The van der Waals surface area contributed by atoms with E-state index in [9.17, 15) is 0 Å². The molecule has 2 bridgehead atoms. The van der Waals surface area contributed by atoms with Crippen LogP contribution in [-0.2, 0) is 4.74 Å². The summed E-state index contributed by atoms with van der Waals surface area (Å²) in [5.74, 6) is 0.799. The smallest absolute Gasteiger partial charge is 0.0644 e. The monoisotopic (exact) mass is 227 g/mol. The van der Waals surface area contributed by atoms with Gasteiger partial charge in [0.15, 0.2) is 0 Å². The van der Waals surface area contributed by atoms with Crippen LogP contribution < -0.4 is 5.73 Å².